The largest absolute Gasteiger partial charge is 0.339 e. The Balaban J connectivity index is 1.27. The quantitative estimate of drug-likeness (QED) is 0.592. The summed E-state index contributed by atoms with van der Waals surface area (Å²) in [7, 11) is 0. The lowest BCUT2D eigenvalue weighted by Crippen LogP contribution is -2.28. The molecule has 0 bridgehead atoms. The van der Waals surface area contributed by atoms with Crippen LogP contribution in [0.1, 0.15) is 53.5 Å². The smallest absolute Gasteiger partial charge is 0.230 e. The molecule has 3 aromatic rings. The first kappa shape index (κ1) is 20.9. The maximum atomic E-state index is 13.0. The molecule has 5 rings (SSSR count). The van der Waals surface area contributed by atoms with E-state index in [0.29, 0.717) is 24.2 Å². The van der Waals surface area contributed by atoms with Gasteiger partial charge >= 0.3 is 0 Å². The molecule has 8 heteroatoms. The van der Waals surface area contributed by atoms with Crippen LogP contribution >= 0.6 is 11.3 Å². The average molecular weight is 451 g/mol. The van der Waals surface area contributed by atoms with Gasteiger partial charge in [-0.15, -0.1) is 11.3 Å². The molecule has 2 amide bonds. The number of nitrogens with one attached hydrogen (secondary N) is 1. The first-order valence-electron chi connectivity index (χ1n) is 11.0. The third kappa shape index (κ3) is 3.83. The van der Waals surface area contributed by atoms with Crippen molar-refractivity contribution in [3.8, 4) is 10.7 Å². The number of carbonyl (C=O) groups excluding carboxylic acids is 2. The van der Waals surface area contributed by atoms with Crippen molar-refractivity contribution in [2.24, 2.45) is 5.92 Å². The van der Waals surface area contributed by atoms with Gasteiger partial charge in [-0.1, -0.05) is 17.6 Å². The number of aryl methyl sites for hydroxylation is 3. The summed E-state index contributed by atoms with van der Waals surface area (Å²) >= 11 is 1.53. The molecule has 1 aliphatic carbocycles. The van der Waals surface area contributed by atoms with Crippen molar-refractivity contribution in [3.63, 3.8) is 0 Å². The Morgan fingerprint density at radius 1 is 1.19 bits per heavy atom. The van der Waals surface area contributed by atoms with E-state index in [1.54, 1.807) is 4.90 Å². The standard InChI is InChI=1S/C24H26N4O3S/c1-13-7-8-18(9-14(13)2)28-12-17(10-21(28)29)23(30)25-19-11-20(32-15(19)3)22-26-24(31-27-22)16-5-4-6-16/h7-9,11,16-17H,4-6,10,12H2,1-3H3,(H,25,30)/t17-/m0/s1. The molecule has 2 aliphatic rings. The number of nitrogens with zero attached hydrogens (tertiary/aromatic N) is 3. The predicted octanol–water partition coefficient (Wildman–Crippen LogP) is 4.98. The highest BCUT2D eigenvalue weighted by molar-refractivity contribution is 7.16. The minimum atomic E-state index is -0.387. The number of benzene rings is 1. The van der Waals surface area contributed by atoms with Gasteiger partial charge in [-0.2, -0.15) is 4.98 Å². The third-order valence-corrected chi connectivity index (χ3v) is 7.64. The van der Waals surface area contributed by atoms with Crippen molar-refractivity contribution in [1.82, 2.24) is 10.1 Å². The van der Waals surface area contributed by atoms with Crippen LogP contribution in [0.3, 0.4) is 0 Å². The molecule has 1 N–H and O–H groups in total. The lowest BCUT2D eigenvalue weighted by molar-refractivity contribution is -0.122. The Kier molecular flexibility index (Phi) is 5.33. The molecule has 2 aromatic heterocycles. The zero-order valence-corrected chi connectivity index (χ0v) is 19.3. The number of hydrogen-bond donors (Lipinski definition) is 1. The maximum Gasteiger partial charge on any atom is 0.230 e. The van der Waals surface area contributed by atoms with E-state index in [1.165, 1.54) is 23.3 Å². The molecule has 1 saturated carbocycles. The van der Waals surface area contributed by atoms with E-state index in [4.69, 9.17) is 4.52 Å². The fourth-order valence-corrected chi connectivity index (χ4v) is 5.03. The maximum absolute atomic E-state index is 13.0. The van der Waals surface area contributed by atoms with Crippen molar-refractivity contribution in [2.75, 3.05) is 16.8 Å². The number of hydrogen-bond acceptors (Lipinski definition) is 6. The van der Waals surface area contributed by atoms with E-state index < -0.39 is 0 Å². The zero-order chi connectivity index (χ0) is 22.4. The fourth-order valence-electron chi connectivity index (χ4n) is 4.13. The van der Waals surface area contributed by atoms with Crippen molar-refractivity contribution in [3.05, 3.63) is 46.2 Å². The first-order chi connectivity index (χ1) is 15.4. The topological polar surface area (TPSA) is 88.3 Å². The summed E-state index contributed by atoms with van der Waals surface area (Å²) in [6.45, 7) is 6.41. The summed E-state index contributed by atoms with van der Waals surface area (Å²) in [6, 6.07) is 7.85. The van der Waals surface area contributed by atoms with E-state index >= 15 is 0 Å². The number of amides is 2. The molecule has 1 aliphatic heterocycles. The van der Waals surface area contributed by atoms with Gasteiger partial charge in [0, 0.05) is 29.4 Å². The number of thiophene rings is 1. The summed E-state index contributed by atoms with van der Waals surface area (Å²) in [5.41, 5.74) is 3.90. The molecule has 1 saturated heterocycles. The molecular formula is C24H26N4O3S. The monoisotopic (exact) mass is 450 g/mol. The molecule has 32 heavy (non-hydrogen) atoms. The molecule has 0 spiro atoms. The number of carbonyl (C=O) groups is 2. The summed E-state index contributed by atoms with van der Waals surface area (Å²) in [4.78, 5) is 33.7. The second-order valence-corrected chi connectivity index (χ2v) is 10.1. The lowest BCUT2D eigenvalue weighted by atomic mass is 9.85. The van der Waals surface area contributed by atoms with Crippen LogP contribution in [0.15, 0.2) is 28.8 Å². The van der Waals surface area contributed by atoms with E-state index in [1.807, 2.05) is 45.0 Å². The van der Waals surface area contributed by atoms with E-state index in [2.05, 4.69) is 15.5 Å². The van der Waals surface area contributed by atoms with E-state index in [0.717, 1.165) is 39.5 Å². The van der Waals surface area contributed by atoms with Crippen LogP contribution in [0.2, 0.25) is 0 Å². The first-order valence-corrected chi connectivity index (χ1v) is 11.8. The van der Waals surface area contributed by atoms with Crippen LogP contribution in [0, 0.1) is 26.7 Å². The Hall–Kier alpha value is -3.00. The molecule has 2 fully saturated rings. The Bertz CT molecular complexity index is 1190. The summed E-state index contributed by atoms with van der Waals surface area (Å²) in [5, 5.41) is 7.14. The molecular weight excluding hydrogens is 424 g/mol. The molecule has 0 radical (unpaired) electrons. The third-order valence-electron chi connectivity index (χ3n) is 6.59. The molecule has 1 aromatic carbocycles. The van der Waals surface area contributed by atoms with E-state index in [-0.39, 0.29) is 24.2 Å². The second kappa shape index (κ2) is 8.16. The van der Waals surface area contributed by atoms with Crippen LogP contribution in [0.5, 0.6) is 0 Å². The lowest BCUT2D eigenvalue weighted by Gasteiger charge is -2.20. The van der Waals surface area contributed by atoms with Crippen molar-refractivity contribution in [2.45, 2.75) is 52.4 Å². The van der Waals surface area contributed by atoms with Crippen LogP contribution in [-0.2, 0) is 9.59 Å². The van der Waals surface area contributed by atoms with Gasteiger partial charge in [-0.3, -0.25) is 9.59 Å². The Morgan fingerprint density at radius 2 is 2.00 bits per heavy atom. The van der Waals surface area contributed by atoms with Crippen LogP contribution in [-0.4, -0.2) is 28.5 Å². The van der Waals surface area contributed by atoms with Crippen molar-refractivity contribution in [1.29, 1.82) is 0 Å². The van der Waals surface area contributed by atoms with Gasteiger partial charge in [0.05, 0.1) is 16.5 Å². The normalized spacial score (nSPS) is 18.8. The van der Waals surface area contributed by atoms with Crippen LogP contribution < -0.4 is 10.2 Å². The number of rotatable bonds is 5. The minimum absolute atomic E-state index is 0.0218. The minimum Gasteiger partial charge on any atom is -0.339 e. The number of aromatic nitrogens is 2. The van der Waals surface area contributed by atoms with Gasteiger partial charge in [-0.05, 0) is 62.9 Å². The molecule has 1 atom stereocenters. The zero-order valence-electron chi connectivity index (χ0n) is 18.5. The fraction of sp³-hybridized carbons (Fsp3) is 0.417. The SMILES string of the molecule is Cc1ccc(N2C[C@@H](C(=O)Nc3cc(-c4noc(C5CCC5)n4)sc3C)CC2=O)cc1C. The van der Waals surface area contributed by atoms with Gasteiger partial charge in [-0.25, -0.2) is 0 Å². The van der Waals surface area contributed by atoms with Gasteiger partial charge in [0.15, 0.2) is 0 Å². The highest BCUT2D eigenvalue weighted by atomic mass is 32.1. The molecule has 166 valence electrons. The van der Waals surface area contributed by atoms with E-state index in [9.17, 15) is 9.59 Å². The second-order valence-electron chi connectivity index (χ2n) is 8.83. The summed E-state index contributed by atoms with van der Waals surface area (Å²) in [6.07, 6.45) is 3.63. The average Bonchev–Trinajstić information content (AvgIpc) is 3.42. The van der Waals surface area contributed by atoms with Crippen LogP contribution in [0.4, 0.5) is 11.4 Å². The molecule has 7 nitrogen and oxygen atoms in total. The van der Waals surface area contributed by atoms with Gasteiger partial charge in [0.2, 0.25) is 23.5 Å². The molecule has 3 heterocycles. The van der Waals surface area contributed by atoms with Gasteiger partial charge < -0.3 is 14.7 Å². The van der Waals surface area contributed by atoms with Gasteiger partial charge in [0.25, 0.3) is 0 Å². The highest BCUT2D eigenvalue weighted by Gasteiger charge is 2.35. The summed E-state index contributed by atoms with van der Waals surface area (Å²) in [5.74, 6) is 1.11. The van der Waals surface area contributed by atoms with Crippen molar-refractivity contribution >= 4 is 34.5 Å². The Labute approximate surface area is 190 Å². The number of anilines is 2. The summed E-state index contributed by atoms with van der Waals surface area (Å²) < 4.78 is 5.43. The molecule has 0 unspecified atom stereocenters. The predicted molar refractivity (Wildman–Crippen MR) is 124 cm³/mol. The van der Waals surface area contributed by atoms with Crippen LogP contribution in [0.25, 0.3) is 10.7 Å². The Morgan fingerprint density at radius 3 is 2.72 bits per heavy atom. The van der Waals surface area contributed by atoms with Gasteiger partial charge in [0.1, 0.15) is 0 Å². The highest BCUT2D eigenvalue weighted by Crippen LogP contribution is 2.38. The van der Waals surface area contributed by atoms with Crippen molar-refractivity contribution < 1.29 is 14.1 Å².